The molecule has 1 saturated carbocycles. The van der Waals surface area contributed by atoms with Crippen LogP contribution in [-0.4, -0.2) is 63.9 Å². The predicted molar refractivity (Wildman–Crippen MR) is 79.8 cm³/mol. The molecule has 0 radical (unpaired) electrons. The van der Waals surface area contributed by atoms with Crippen LogP contribution in [-0.2, 0) is 14.3 Å². The molecule has 20 heavy (non-hydrogen) atoms. The molecule has 1 amide bonds. The standard InChI is InChI=1S/C15H30N2O3/c1-17(11-12-19-2)10-6-9-16-15(18)13-20-14-7-4-3-5-8-14/h14H,3-13H2,1-2H3,(H,16,18). The minimum absolute atomic E-state index is 0.00937. The Balaban J connectivity index is 1.94. The molecule has 0 heterocycles. The van der Waals surface area contributed by atoms with Gasteiger partial charge in [-0.15, -0.1) is 0 Å². The number of carbonyl (C=O) groups is 1. The molecular weight excluding hydrogens is 256 g/mol. The summed E-state index contributed by atoms with van der Waals surface area (Å²) in [5, 5.41) is 2.91. The molecule has 0 aliphatic heterocycles. The summed E-state index contributed by atoms with van der Waals surface area (Å²) in [6.45, 7) is 3.56. The lowest BCUT2D eigenvalue weighted by atomic mass is 9.98. The molecule has 1 rings (SSSR count). The average Bonchev–Trinajstić information content (AvgIpc) is 2.48. The molecule has 0 atom stereocenters. The second kappa shape index (κ2) is 11.1. The zero-order valence-electron chi connectivity index (χ0n) is 13.0. The van der Waals surface area contributed by atoms with Crippen molar-refractivity contribution in [1.82, 2.24) is 10.2 Å². The lowest BCUT2D eigenvalue weighted by Gasteiger charge is -2.21. The summed E-state index contributed by atoms with van der Waals surface area (Å²) in [6.07, 6.45) is 7.25. The van der Waals surface area contributed by atoms with Crippen LogP contribution in [0.4, 0.5) is 0 Å². The van der Waals surface area contributed by atoms with Crippen LogP contribution in [0.3, 0.4) is 0 Å². The maximum atomic E-state index is 11.6. The summed E-state index contributed by atoms with van der Waals surface area (Å²) in [7, 11) is 3.77. The molecule has 1 aliphatic carbocycles. The van der Waals surface area contributed by atoms with Gasteiger partial charge in [0.25, 0.3) is 0 Å². The number of nitrogens with zero attached hydrogens (tertiary/aromatic N) is 1. The van der Waals surface area contributed by atoms with Crippen LogP contribution in [0.1, 0.15) is 38.5 Å². The van der Waals surface area contributed by atoms with Crippen molar-refractivity contribution in [3.05, 3.63) is 0 Å². The Morgan fingerprint density at radius 1 is 1.25 bits per heavy atom. The van der Waals surface area contributed by atoms with Crippen molar-refractivity contribution in [2.45, 2.75) is 44.6 Å². The van der Waals surface area contributed by atoms with Crippen LogP contribution in [0.5, 0.6) is 0 Å². The van der Waals surface area contributed by atoms with E-state index in [-0.39, 0.29) is 12.5 Å². The third-order valence-corrected chi connectivity index (χ3v) is 3.72. The van der Waals surface area contributed by atoms with Gasteiger partial charge in [0.05, 0.1) is 12.7 Å². The minimum Gasteiger partial charge on any atom is -0.383 e. The molecule has 5 nitrogen and oxygen atoms in total. The van der Waals surface area contributed by atoms with Crippen molar-refractivity contribution >= 4 is 5.91 Å². The molecule has 0 aromatic carbocycles. The van der Waals surface area contributed by atoms with Gasteiger partial charge >= 0.3 is 0 Å². The number of hydrogen-bond acceptors (Lipinski definition) is 4. The number of hydrogen-bond donors (Lipinski definition) is 1. The van der Waals surface area contributed by atoms with Gasteiger partial charge in [-0.2, -0.15) is 0 Å². The van der Waals surface area contributed by atoms with Crippen molar-refractivity contribution < 1.29 is 14.3 Å². The molecule has 1 aliphatic rings. The van der Waals surface area contributed by atoms with Gasteiger partial charge in [0, 0.05) is 20.2 Å². The fourth-order valence-electron chi connectivity index (χ4n) is 2.41. The number of carbonyl (C=O) groups excluding carboxylic acids is 1. The van der Waals surface area contributed by atoms with E-state index >= 15 is 0 Å². The van der Waals surface area contributed by atoms with Crippen molar-refractivity contribution in [2.24, 2.45) is 0 Å². The van der Waals surface area contributed by atoms with Gasteiger partial charge in [-0.3, -0.25) is 4.79 Å². The van der Waals surface area contributed by atoms with Crippen LogP contribution >= 0.6 is 0 Å². The molecule has 5 heteroatoms. The van der Waals surface area contributed by atoms with Gasteiger partial charge in [-0.25, -0.2) is 0 Å². The van der Waals surface area contributed by atoms with Crippen molar-refractivity contribution in [1.29, 1.82) is 0 Å². The minimum atomic E-state index is 0.00937. The number of amides is 1. The zero-order chi connectivity index (χ0) is 14.6. The normalized spacial score (nSPS) is 16.6. The fourth-order valence-corrected chi connectivity index (χ4v) is 2.41. The molecule has 118 valence electrons. The molecule has 0 unspecified atom stereocenters. The first-order valence-electron chi connectivity index (χ1n) is 7.78. The van der Waals surface area contributed by atoms with Gasteiger partial charge in [0.1, 0.15) is 6.61 Å². The van der Waals surface area contributed by atoms with E-state index in [1.165, 1.54) is 19.3 Å². The molecule has 1 fully saturated rings. The lowest BCUT2D eigenvalue weighted by molar-refractivity contribution is -0.128. The van der Waals surface area contributed by atoms with E-state index in [0.29, 0.717) is 12.6 Å². The zero-order valence-corrected chi connectivity index (χ0v) is 13.0. The Labute approximate surface area is 123 Å². The highest BCUT2D eigenvalue weighted by Crippen LogP contribution is 2.19. The van der Waals surface area contributed by atoms with E-state index in [9.17, 15) is 4.79 Å². The molecule has 0 saturated heterocycles. The maximum absolute atomic E-state index is 11.6. The van der Waals surface area contributed by atoms with Gasteiger partial charge in [0.15, 0.2) is 0 Å². The lowest BCUT2D eigenvalue weighted by Crippen LogP contribution is -2.33. The number of rotatable bonds is 10. The monoisotopic (exact) mass is 286 g/mol. The first-order valence-corrected chi connectivity index (χ1v) is 7.78. The summed E-state index contributed by atoms with van der Waals surface area (Å²) in [5.74, 6) is 0.00937. The summed E-state index contributed by atoms with van der Waals surface area (Å²) >= 11 is 0. The Morgan fingerprint density at radius 2 is 2.00 bits per heavy atom. The highest BCUT2D eigenvalue weighted by atomic mass is 16.5. The molecule has 0 spiro atoms. The SMILES string of the molecule is COCCN(C)CCCNC(=O)COC1CCCCC1. The number of ether oxygens (including phenoxy) is 2. The summed E-state index contributed by atoms with van der Waals surface area (Å²) in [6, 6.07) is 0. The summed E-state index contributed by atoms with van der Waals surface area (Å²) < 4.78 is 10.7. The van der Waals surface area contributed by atoms with Crippen LogP contribution in [0.25, 0.3) is 0 Å². The Morgan fingerprint density at radius 3 is 2.70 bits per heavy atom. The molecule has 0 aromatic rings. The van der Waals surface area contributed by atoms with Crippen molar-refractivity contribution in [3.63, 3.8) is 0 Å². The van der Waals surface area contributed by atoms with E-state index in [1.807, 2.05) is 0 Å². The fraction of sp³-hybridized carbons (Fsp3) is 0.933. The van der Waals surface area contributed by atoms with Crippen LogP contribution in [0, 0.1) is 0 Å². The van der Waals surface area contributed by atoms with E-state index in [1.54, 1.807) is 7.11 Å². The van der Waals surface area contributed by atoms with E-state index in [0.717, 1.165) is 39.0 Å². The predicted octanol–water partition coefficient (Wildman–Crippen LogP) is 1.42. The maximum Gasteiger partial charge on any atom is 0.246 e. The second-order valence-electron chi connectivity index (χ2n) is 5.57. The number of likely N-dealkylation sites (N-methyl/N-ethyl adjacent to an activating group) is 1. The van der Waals surface area contributed by atoms with E-state index < -0.39 is 0 Å². The van der Waals surface area contributed by atoms with Crippen LogP contribution in [0.2, 0.25) is 0 Å². The molecular formula is C15H30N2O3. The molecule has 0 aromatic heterocycles. The van der Waals surface area contributed by atoms with Gasteiger partial charge in [-0.05, 0) is 32.9 Å². The second-order valence-corrected chi connectivity index (χ2v) is 5.57. The summed E-state index contributed by atoms with van der Waals surface area (Å²) in [5.41, 5.74) is 0. The first kappa shape index (κ1) is 17.4. The molecule has 1 N–H and O–H groups in total. The Kier molecular flexibility index (Phi) is 9.62. The van der Waals surface area contributed by atoms with E-state index in [4.69, 9.17) is 9.47 Å². The number of nitrogens with one attached hydrogen (secondary N) is 1. The quantitative estimate of drug-likeness (QED) is 0.617. The van der Waals surface area contributed by atoms with Crippen LogP contribution in [0.15, 0.2) is 0 Å². The Bertz CT molecular complexity index is 256. The smallest absolute Gasteiger partial charge is 0.246 e. The highest BCUT2D eigenvalue weighted by molar-refractivity contribution is 5.77. The average molecular weight is 286 g/mol. The van der Waals surface area contributed by atoms with Crippen molar-refractivity contribution in [3.8, 4) is 0 Å². The molecule has 0 bridgehead atoms. The number of methoxy groups -OCH3 is 1. The Hall–Kier alpha value is -0.650. The van der Waals surface area contributed by atoms with Gasteiger partial charge < -0.3 is 19.7 Å². The summed E-state index contributed by atoms with van der Waals surface area (Å²) in [4.78, 5) is 13.8. The van der Waals surface area contributed by atoms with Crippen LogP contribution < -0.4 is 5.32 Å². The first-order chi connectivity index (χ1) is 9.72. The topological polar surface area (TPSA) is 50.8 Å². The van der Waals surface area contributed by atoms with Gasteiger partial charge in [0.2, 0.25) is 5.91 Å². The third kappa shape index (κ3) is 8.51. The largest absolute Gasteiger partial charge is 0.383 e. The third-order valence-electron chi connectivity index (χ3n) is 3.72. The van der Waals surface area contributed by atoms with Gasteiger partial charge in [-0.1, -0.05) is 19.3 Å². The highest BCUT2D eigenvalue weighted by Gasteiger charge is 2.14. The van der Waals surface area contributed by atoms with Crippen molar-refractivity contribution in [2.75, 3.05) is 47.0 Å². The van der Waals surface area contributed by atoms with E-state index in [2.05, 4.69) is 17.3 Å².